The molecule has 94 valence electrons. The Balaban J connectivity index is 1.74. The number of aromatic nitrogens is 1. The molecule has 0 aliphatic heterocycles. The molecule has 1 aliphatic carbocycles. The quantitative estimate of drug-likeness (QED) is 0.850. The molecule has 0 bridgehead atoms. The highest BCUT2D eigenvalue weighted by Crippen LogP contribution is 2.26. The summed E-state index contributed by atoms with van der Waals surface area (Å²) in [6, 6.07) is 13.1. The van der Waals surface area contributed by atoms with E-state index in [1.807, 2.05) is 6.07 Å². The number of anilines is 1. The fraction of sp³-hybridized carbons (Fsp3) is 0.438. The number of nitrogens with zero attached hydrogens (tertiary/aromatic N) is 1. The summed E-state index contributed by atoms with van der Waals surface area (Å²) in [6.07, 6.45) is 5.22. The summed E-state index contributed by atoms with van der Waals surface area (Å²) in [6.45, 7) is 2.35. The maximum Gasteiger partial charge on any atom is 0.126 e. The van der Waals surface area contributed by atoms with Crippen molar-refractivity contribution in [2.24, 2.45) is 5.92 Å². The second kappa shape index (κ2) is 4.97. The third kappa shape index (κ3) is 2.47. The molecule has 1 heterocycles. The van der Waals surface area contributed by atoms with Gasteiger partial charge in [-0.25, -0.2) is 4.98 Å². The highest BCUT2D eigenvalue weighted by Gasteiger charge is 2.18. The third-order valence-corrected chi connectivity index (χ3v) is 3.97. The van der Waals surface area contributed by atoms with E-state index in [2.05, 4.69) is 47.6 Å². The van der Waals surface area contributed by atoms with Gasteiger partial charge in [-0.3, -0.25) is 0 Å². The number of fused-ring (bicyclic) bond motifs is 1. The van der Waals surface area contributed by atoms with Crippen LogP contribution >= 0.6 is 0 Å². The van der Waals surface area contributed by atoms with Gasteiger partial charge in [-0.2, -0.15) is 0 Å². The van der Waals surface area contributed by atoms with Crippen molar-refractivity contribution in [1.82, 2.24) is 4.98 Å². The van der Waals surface area contributed by atoms with E-state index in [1.54, 1.807) is 0 Å². The van der Waals surface area contributed by atoms with Gasteiger partial charge in [0, 0.05) is 11.4 Å². The lowest BCUT2D eigenvalue weighted by Crippen LogP contribution is -2.25. The van der Waals surface area contributed by atoms with Crippen molar-refractivity contribution >= 4 is 16.7 Å². The minimum atomic E-state index is 0.606. The molecule has 0 amide bonds. The van der Waals surface area contributed by atoms with Gasteiger partial charge in [0.1, 0.15) is 5.82 Å². The van der Waals surface area contributed by atoms with Crippen LogP contribution in [0.5, 0.6) is 0 Å². The first-order chi connectivity index (χ1) is 8.81. The molecule has 2 nitrogen and oxygen atoms in total. The highest BCUT2D eigenvalue weighted by molar-refractivity contribution is 5.80. The van der Waals surface area contributed by atoms with E-state index in [4.69, 9.17) is 0 Å². The van der Waals surface area contributed by atoms with Gasteiger partial charge in [0.15, 0.2) is 0 Å². The molecule has 2 heteroatoms. The molecule has 0 atom stereocenters. The average molecular weight is 240 g/mol. The summed E-state index contributed by atoms with van der Waals surface area (Å²) in [5, 5.41) is 4.79. The number of pyridine rings is 1. The normalized spacial score (nSPS) is 24.1. The van der Waals surface area contributed by atoms with Crippen molar-refractivity contribution < 1.29 is 0 Å². The molecule has 18 heavy (non-hydrogen) atoms. The summed E-state index contributed by atoms with van der Waals surface area (Å²) in [7, 11) is 0. The lowest BCUT2D eigenvalue weighted by molar-refractivity contribution is 0.361. The van der Waals surface area contributed by atoms with Crippen LogP contribution < -0.4 is 5.32 Å². The summed E-state index contributed by atoms with van der Waals surface area (Å²) < 4.78 is 0. The maximum atomic E-state index is 4.68. The van der Waals surface area contributed by atoms with Crippen molar-refractivity contribution in [3.8, 4) is 0 Å². The van der Waals surface area contributed by atoms with Crippen molar-refractivity contribution in [3.63, 3.8) is 0 Å². The Morgan fingerprint density at radius 2 is 1.78 bits per heavy atom. The first-order valence-electron chi connectivity index (χ1n) is 6.93. The minimum Gasteiger partial charge on any atom is -0.367 e. The Labute approximate surface area is 108 Å². The topological polar surface area (TPSA) is 24.9 Å². The van der Waals surface area contributed by atoms with Crippen LogP contribution in [0, 0.1) is 5.92 Å². The molecule has 0 saturated heterocycles. The van der Waals surface area contributed by atoms with E-state index in [-0.39, 0.29) is 0 Å². The molecule has 1 saturated carbocycles. The Kier molecular flexibility index (Phi) is 3.18. The zero-order chi connectivity index (χ0) is 12.4. The van der Waals surface area contributed by atoms with Crippen molar-refractivity contribution in [2.45, 2.75) is 38.6 Å². The predicted octanol–water partition coefficient (Wildman–Crippen LogP) is 4.23. The molecule has 2 aromatic rings. The van der Waals surface area contributed by atoms with Crippen LogP contribution in [0.1, 0.15) is 32.6 Å². The number of hydrogen-bond acceptors (Lipinski definition) is 2. The Hall–Kier alpha value is -1.57. The van der Waals surface area contributed by atoms with E-state index in [0.717, 1.165) is 17.3 Å². The summed E-state index contributed by atoms with van der Waals surface area (Å²) in [5.74, 6) is 1.92. The fourth-order valence-electron chi connectivity index (χ4n) is 2.76. The van der Waals surface area contributed by atoms with Crippen molar-refractivity contribution in [1.29, 1.82) is 0 Å². The molecular formula is C16H20N2. The molecule has 1 aliphatic rings. The predicted molar refractivity (Wildman–Crippen MR) is 76.8 cm³/mol. The van der Waals surface area contributed by atoms with Gasteiger partial charge in [0.05, 0.1) is 5.52 Å². The van der Waals surface area contributed by atoms with Crippen LogP contribution in [0.2, 0.25) is 0 Å². The van der Waals surface area contributed by atoms with Crippen molar-refractivity contribution in [3.05, 3.63) is 36.4 Å². The molecule has 1 fully saturated rings. The number of hydrogen-bond donors (Lipinski definition) is 1. The van der Waals surface area contributed by atoms with E-state index in [0.29, 0.717) is 6.04 Å². The van der Waals surface area contributed by atoms with Gasteiger partial charge in [-0.1, -0.05) is 25.1 Å². The molecule has 1 aromatic heterocycles. The Morgan fingerprint density at radius 1 is 1.00 bits per heavy atom. The van der Waals surface area contributed by atoms with E-state index in [1.165, 1.54) is 31.1 Å². The Bertz CT molecular complexity index is 527. The smallest absolute Gasteiger partial charge is 0.126 e. The zero-order valence-corrected chi connectivity index (χ0v) is 10.9. The fourth-order valence-corrected chi connectivity index (χ4v) is 2.76. The van der Waals surface area contributed by atoms with Gasteiger partial charge in [0.25, 0.3) is 0 Å². The van der Waals surface area contributed by atoms with Gasteiger partial charge in [0.2, 0.25) is 0 Å². The first-order valence-corrected chi connectivity index (χ1v) is 6.93. The van der Waals surface area contributed by atoms with E-state index >= 15 is 0 Å². The van der Waals surface area contributed by atoms with Gasteiger partial charge in [-0.05, 0) is 49.8 Å². The van der Waals surface area contributed by atoms with E-state index in [9.17, 15) is 0 Å². The standard InChI is InChI=1S/C16H20N2/c1-12-6-9-14(10-7-12)17-16-11-8-13-4-2-3-5-15(13)18-16/h2-5,8,11-12,14H,6-7,9-10H2,1H3,(H,17,18). The lowest BCUT2D eigenvalue weighted by Gasteiger charge is -2.27. The van der Waals surface area contributed by atoms with Gasteiger partial charge >= 0.3 is 0 Å². The highest BCUT2D eigenvalue weighted by atomic mass is 15.0. The largest absolute Gasteiger partial charge is 0.367 e. The van der Waals surface area contributed by atoms with Crippen LogP contribution in [-0.4, -0.2) is 11.0 Å². The molecule has 3 rings (SSSR count). The molecular weight excluding hydrogens is 220 g/mol. The molecule has 0 radical (unpaired) electrons. The van der Waals surface area contributed by atoms with E-state index < -0.39 is 0 Å². The maximum absolute atomic E-state index is 4.68. The molecule has 0 spiro atoms. The minimum absolute atomic E-state index is 0.606. The number of para-hydroxylation sites is 1. The van der Waals surface area contributed by atoms with Crippen LogP contribution in [0.25, 0.3) is 10.9 Å². The van der Waals surface area contributed by atoms with Crippen LogP contribution in [0.4, 0.5) is 5.82 Å². The van der Waals surface area contributed by atoms with Crippen LogP contribution in [-0.2, 0) is 0 Å². The Morgan fingerprint density at radius 3 is 2.61 bits per heavy atom. The van der Waals surface area contributed by atoms with Crippen molar-refractivity contribution in [2.75, 3.05) is 5.32 Å². The zero-order valence-electron chi connectivity index (χ0n) is 10.9. The summed E-state index contributed by atoms with van der Waals surface area (Å²) >= 11 is 0. The number of benzene rings is 1. The lowest BCUT2D eigenvalue weighted by atomic mass is 9.87. The summed E-state index contributed by atoms with van der Waals surface area (Å²) in [5.41, 5.74) is 1.08. The third-order valence-electron chi connectivity index (χ3n) is 3.97. The summed E-state index contributed by atoms with van der Waals surface area (Å²) in [4.78, 5) is 4.68. The second-order valence-corrected chi connectivity index (χ2v) is 5.49. The van der Waals surface area contributed by atoms with Gasteiger partial charge in [-0.15, -0.1) is 0 Å². The molecule has 0 unspecified atom stereocenters. The monoisotopic (exact) mass is 240 g/mol. The SMILES string of the molecule is CC1CCC(Nc2ccc3ccccc3n2)CC1. The van der Waals surface area contributed by atoms with Crippen LogP contribution in [0.3, 0.4) is 0 Å². The first kappa shape index (κ1) is 11.5. The second-order valence-electron chi connectivity index (χ2n) is 5.49. The average Bonchev–Trinajstić information content (AvgIpc) is 2.41. The molecule has 1 N–H and O–H groups in total. The number of rotatable bonds is 2. The number of nitrogens with one attached hydrogen (secondary N) is 1. The molecule has 1 aromatic carbocycles. The van der Waals surface area contributed by atoms with Crippen LogP contribution in [0.15, 0.2) is 36.4 Å². The van der Waals surface area contributed by atoms with Gasteiger partial charge < -0.3 is 5.32 Å².